The Morgan fingerprint density at radius 2 is 1.60 bits per heavy atom. The molecule has 1 nitrogen and oxygen atoms in total. The second-order valence-corrected chi connectivity index (χ2v) is 5.89. The Balaban J connectivity index is 1.82. The van der Waals surface area contributed by atoms with Crippen LogP contribution >= 0.6 is 11.8 Å². The summed E-state index contributed by atoms with van der Waals surface area (Å²) in [6.07, 6.45) is 0. The molecule has 0 fully saturated rings. The number of aliphatic imine (C=N–C) groups is 1. The summed E-state index contributed by atoms with van der Waals surface area (Å²) in [6, 6.07) is 23.4. The lowest BCUT2D eigenvalue weighted by Gasteiger charge is -2.15. The van der Waals surface area contributed by atoms with E-state index in [0.29, 0.717) is 0 Å². The van der Waals surface area contributed by atoms with Gasteiger partial charge in [-0.3, -0.25) is 4.99 Å². The summed E-state index contributed by atoms with van der Waals surface area (Å²) in [6.45, 7) is 0. The lowest BCUT2D eigenvalue weighted by atomic mass is 10.0. The van der Waals surface area contributed by atoms with Crippen molar-refractivity contribution in [2.75, 3.05) is 5.75 Å². The fourth-order valence-corrected chi connectivity index (χ4v) is 3.47. The molecule has 0 saturated carbocycles. The molecule has 0 N–H and O–H groups in total. The van der Waals surface area contributed by atoms with Crippen LogP contribution in [0.1, 0.15) is 5.56 Å². The summed E-state index contributed by atoms with van der Waals surface area (Å²) in [4.78, 5) is 6.09. The van der Waals surface area contributed by atoms with E-state index in [1.807, 2.05) is 17.8 Å². The molecule has 0 aliphatic carbocycles. The molecule has 0 atom stereocenters. The van der Waals surface area contributed by atoms with E-state index in [0.717, 1.165) is 11.4 Å². The van der Waals surface area contributed by atoms with Crippen LogP contribution in [-0.4, -0.2) is 11.5 Å². The highest BCUT2D eigenvalue weighted by Gasteiger charge is 2.13. The van der Waals surface area contributed by atoms with Crippen LogP contribution in [0.15, 0.2) is 76.6 Å². The number of hydrogen-bond donors (Lipinski definition) is 0. The fourth-order valence-electron chi connectivity index (χ4n) is 2.51. The standard InChI is InChI=1S/C18H13NS/c1-2-6-14-11-15(10-9-13(14)5-1)17-12-20-18-8-4-3-7-16(18)19-17/h1-11H,12H2. The maximum atomic E-state index is 4.82. The number of hydrogen-bond acceptors (Lipinski definition) is 2. The van der Waals surface area contributed by atoms with Crippen LogP contribution in [0.3, 0.4) is 0 Å². The predicted octanol–water partition coefficient (Wildman–Crippen LogP) is 5.07. The summed E-state index contributed by atoms with van der Waals surface area (Å²) in [5, 5.41) is 2.55. The minimum atomic E-state index is 0.940. The topological polar surface area (TPSA) is 12.4 Å². The van der Waals surface area contributed by atoms with Crippen molar-refractivity contribution in [2.24, 2.45) is 4.99 Å². The second-order valence-electron chi connectivity index (χ2n) is 4.88. The van der Waals surface area contributed by atoms with Crippen LogP contribution in [0.2, 0.25) is 0 Å². The van der Waals surface area contributed by atoms with Gasteiger partial charge in [0.05, 0.1) is 11.4 Å². The third-order valence-corrected chi connectivity index (χ3v) is 4.64. The van der Waals surface area contributed by atoms with Gasteiger partial charge in [-0.25, -0.2) is 0 Å². The molecule has 96 valence electrons. The monoisotopic (exact) mass is 275 g/mol. The molecular formula is C18H13NS. The number of benzene rings is 3. The first-order chi connectivity index (χ1) is 9.90. The van der Waals surface area contributed by atoms with Crippen molar-refractivity contribution in [1.82, 2.24) is 0 Å². The highest BCUT2D eigenvalue weighted by molar-refractivity contribution is 8.00. The van der Waals surface area contributed by atoms with Crippen LogP contribution in [0.25, 0.3) is 10.8 Å². The lowest BCUT2D eigenvalue weighted by Crippen LogP contribution is -2.07. The van der Waals surface area contributed by atoms with Gasteiger partial charge in [-0.15, -0.1) is 11.8 Å². The van der Waals surface area contributed by atoms with Crippen LogP contribution in [0.4, 0.5) is 5.69 Å². The Bertz CT molecular complexity index is 820. The van der Waals surface area contributed by atoms with E-state index in [9.17, 15) is 0 Å². The lowest BCUT2D eigenvalue weighted by molar-refractivity contribution is 1.34. The maximum Gasteiger partial charge on any atom is 0.0769 e. The minimum absolute atomic E-state index is 0.940. The molecule has 4 rings (SSSR count). The van der Waals surface area contributed by atoms with Crippen molar-refractivity contribution in [1.29, 1.82) is 0 Å². The molecule has 0 amide bonds. The number of para-hydroxylation sites is 1. The van der Waals surface area contributed by atoms with E-state index in [1.54, 1.807) is 0 Å². The molecule has 3 aromatic rings. The number of rotatable bonds is 1. The highest BCUT2D eigenvalue weighted by atomic mass is 32.2. The number of nitrogens with zero attached hydrogens (tertiary/aromatic N) is 1. The van der Waals surface area contributed by atoms with Crippen LogP contribution in [0.5, 0.6) is 0 Å². The summed E-state index contributed by atoms with van der Waals surface area (Å²) >= 11 is 1.87. The van der Waals surface area contributed by atoms with Crippen molar-refractivity contribution >= 4 is 33.9 Å². The van der Waals surface area contributed by atoms with Gasteiger partial charge in [-0.1, -0.05) is 48.5 Å². The molecule has 0 aromatic heterocycles. The molecule has 2 heteroatoms. The van der Waals surface area contributed by atoms with Gasteiger partial charge >= 0.3 is 0 Å². The predicted molar refractivity (Wildman–Crippen MR) is 87.3 cm³/mol. The molecule has 0 saturated heterocycles. The third-order valence-electron chi connectivity index (χ3n) is 3.57. The van der Waals surface area contributed by atoms with Gasteiger partial charge in [-0.2, -0.15) is 0 Å². The molecule has 0 radical (unpaired) electrons. The van der Waals surface area contributed by atoms with Crippen molar-refractivity contribution < 1.29 is 0 Å². The van der Waals surface area contributed by atoms with E-state index < -0.39 is 0 Å². The van der Waals surface area contributed by atoms with Gasteiger partial charge in [0.25, 0.3) is 0 Å². The summed E-state index contributed by atoms with van der Waals surface area (Å²) in [5.74, 6) is 0.940. The second kappa shape index (κ2) is 4.80. The molecule has 1 aliphatic heterocycles. The van der Waals surface area contributed by atoms with Crippen molar-refractivity contribution in [3.05, 3.63) is 72.3 Å². The summed E-state index contributed by atoms with van der Waals surface area (Å²) in [7, 11) is 0. The Morgan fingerprint density at radius 3 is 2.55 bits per heavy atom. The third kappa shape index (κ3) is 2.02. The Labute approximate surface area is 122 Å². The first-order valence-corrected chi connectivity index (χ1v) is 7.67. The molecule has 20 heavy (non-hydrogen) atoms. The Kier molecular flexibility index (Phi) is 2.82. The van der Waals surface area contributed by atoms with Gasteiger partial charge in [0.2, 0.25) is 0 Å². The van der Waals surface area contributed by atoms with Gasteiger partial charge in [0.1, 0.15) is 0 Å². The van der Waals surface area contributed by atoms with Gasteiger partial charge in [0.15, 0.2) is 0 Å². The van der Waals surface area contributed by atoms with E-state index in [2.05, 4.69) is 60.7 Å². The van der Waals surface area contributed by atoms with Crippen LogP contribution in [-0.2, 0) is 0 Å². The summed E-state index contributed by atoms with van der Waals surface area (Å²) < 4.78 is 0. The quantitative estimate of drug-likeness (QED) is 0.604. The van der Waals surface area contributed by atoms with Gasteiger partial charge < -0.3 is 0 Å². The summed E-state index contributed by atoms with van der Waals surface area (Å²) in [5.41, 5.74) is 3.48. The molecule has 3 aromatic carbocycles. The normalized spacial score (nSPS) is 13.9. The van der Waals surface area contributed by atoms with E-state index in [-0.39, 0.29) is 0 Å². The largest absolute Gasteiger partial charge is 0.251 e. The molecule has 0 unspecified atom stereocenters. The Hall–Kier alpha value is -2.06. The first-order valence-electron chi connectivity index (χ1n) is 6.69. The van der Waals surface area contributed by atoms with Crippen molar-refractivity contribution in [2.45, 2.75) is 4.90 Å². The minimum Gasteiger partial charge on any atom is -0.251 e. The zero-order valence-corrected chi connectivity index (χ0v) is 11.7. The van der Waals surface area contributed by atoms with Crippen LogP contribution in [0, 0.1) is 0 Å². The van der Waals surface area contributed by atoms with Gasteiger partial charge in [0, 0.05) is 10.6 Å². The smallest absolute Gasteiger partial charge is 0.0769 e. The molecule has 1 aliphatic rings. The van der Waals surface area contributed by atoms with Crippen LogP contribution < -0.4 is 0 Å². The number of thioether (sulfide) groups is 1. The number of fused-ring (bicyclic) bond motifs is 2. The first kappa shape index (κ1) is 11.7. The molecular weight excluding hydrogens is 262 g/mol. The Morgan fingerprint density at radius 1 is 0.800 bits per heavy atom. The molecule has 0 spiro atoms. The van der Waals surface area contributed by atoms with Gasteiger partial charge in [-0.05, 0) is 34.5 Å². The average molecular weight is 275 g/mol. The fraction of sp³-hybridized carbons (Fsp3) is 0.0556. The van der Waals surface area contributed by atoms with Crippen molar-refractivity contribution in [3.8, 4) is 0 Å². The zero-order chi connectivity index (χ0) is 13.4. The highest BCUT2D eigenvalue weighted by Crippen LogP contribution is 2.35. The van der Waals surface area contributed by atoms with E-state index in [1.165, 1.54) is 26.9 Å². The van der Waals surface area contributed by atoms with Crippen molar-refractivity contribution in [3.63, 3.8) is 0 Å². The zero-order valence-electron chi connectivity index (χ0n) is 10.9. The molecule has 1 heterocycles. The van der Waals surface area contributed by atoms with E-state index in [4.69, 9.17) is 4.99 Å². The maximum absolute atomic E-state index is 4.82. The average Bonchev–Trinajstić information content (AvgIpc) is 2.54. The SMILES string of the molecule is c1ccc2c(c1)N=C(c1ccc3ccccc3c1)CS2. The van der Waals surface area contributed by atoms with E-state index >= 15 is 0 Å². The molecule has 0 bridgehead atoms.